The predicted molar refractivity (Wildman–Crippen MR) is 152 cm³/mol. The zero-order valence-corrected chi connectivity index (χ0v) is 21.5. The fraction of sp³-hybridized carbons (Fsp3) is 0.129. The molecule has 40 heavy (non-hydrogen) atoms. The van der Waals surface area contributed by atoms with Gasteiger partial charge in [0, 0.05) is 66.8 Å². The fourth-order valence-corrected chi connectivity index (χ4v) is 4.93. The molecule has 1 N–H and O–H groups in total. The Morgan fingerprint density at radius 2 is 1.43 bits per heavy atom. The van der Waals surface area contributed by atoms with Crippen LogP contribution >= 0.6 is 0 Å². The maximum absolute atomic E-state index is 13.2. The highest BCUT2D eigenvalue weighted by Crippen LogP contribution is 2.37. The van der Waals surface area contributed by atoms with Crippen LogP contribution in [0, 0.1) is 20.2 Å². The molecule has 0 aliphatic heterocycles. The lowest BCUT2D eigenvalue weighted by atomic mass is 9.87. The summed E-state index contributed by atoms with van der Waals surface area (Å²) < 4.78 is 2.00. The van der Waals surface area contributed by atoms with Crippen LogP contribution in [0.25, 0.3) is 10.9 Å². The Hall–Kier alpha value is -5.31. The molecule has 0 saturated heterocycles. The van der Waals surface area contributed by atoms with E-state index in [1.807, 2.05) is 71.4 Å². The quantitative estimate of drug-likeness (QED) is 0.165. The minimum absolute atomic E-state index is 0.00113. The Morgan fingerprint density at radius 1 is 0.775 bits per heavy atom. The van der Waals surface area contributed by atoms with E-state index < -0.39 is 15.8 Å². The number of hydrogen-bond donors (Lipinski definition) is 1. The largest absolute Gasteiger partial charge is 0.352 e. The minimum Gasteiger partial charge on any atom is -0.352 e. The van der Waals surface area contributed by atoms with E-state index in [4.69, 9.17) is 0 Å². The van der Waals surface area contributed by atoms with Gasteiger partial charge in [-0.05, 0) is 28.3 Å². The average Bonchev–Trinajstić information content (AvgIpc) is 3.33. The van der Waals surface area contributed by atoms with E-state index >= 15 is 0 Å². The molecule has 0 spiro atoms. The van der Waals surface area contributed by atoms with Crippen molar-refractivity contribution in [2.45, 2.75) is 25.4 Å². The summed E-state index contributed by atoms with van der Waals surface area (Å²) in [6, 6.07) is 30.2. The van der Waals surface area contributed by atoms with Gasteiger partial charge in [-0.15, -0.1) is 0 Å². The van der Waals surface area contributed by atoms with Crippen LogP contribution < -0.4 is 5.32 Å². The topological polar surface area (TPSA) is 120 Å². The lowest BCUT2D eigenvalue weighted by Gasteiger charge is -2.17. The minimum atomic E-state index is -0.586. The van der Waals surface area contributed by atoms with Gasteiger partial charge in [-0.1, -0.05) is 72.8 Å². The number of carbonyl (C=O) groups is 1. The summed E-state index contributed by atoms with van der Waals surface area (Å²) in [7, 11) is 0. The van der Waals surface area contributed by atoms with Crippen LogP contribution in [0.1, 0.15) is 34.6 Å². The summed E-state index contributed by atoms with van der Waals surface area (Å²) in [5.41, 5.74) is 3.85. The molecule has 1 heterocycles. The van der Waals surface area contributed by atoms with Gasteiger partial charge in [0.05, 0.1) is 9.85 Å². The lowest BCUT2D eigenvalue weighted by Crippen LogP contribution is -2.25. The van der Waals surface area contributed by atoms with Crippen molar-refractivity contribution in [1.29, 1.82) is 0 Å². The third-order valence-corrected chi connectivity index (χ3v) is 6.88. The van der Waals surface area contributed by atoms with Gasteiger partial charge in [0.1, 0.15) is 0 Å². The van der Waals surface area contributed by atoms with Gasteiger partial charge in [-0.2, -0.15) is 0 Å². The smallest absolute Gasteiger partial charge is 0.270 e. The SMILES string of the molecule is O=C(C[C@@H](c1cccc([N+](=O)[O-])c1)c1cn(Cc2ccccc2)c2ccc([N+](=O)[O-])cc12)NCc1ccccc1. The van der Waals surface area contributed by atoms with Crippen LogP contribution in [0.3, 0.4) is 0 Å². The molecular weight excluding hydrogens is 508 g/mol. The normalized spacial score (nSPS) is 11.7. The number of nitrogens with zero attached hydrogens (tertiary/aromatic N) is 3. The van der Waals surface area contributed by atoms with Gasteiger partial charge in [-0.25, -0.2) is 0 Å². The first-order valence-corrected chi connectivity index (χ1v) is 12.7. The molecule has 9 heteroatoms. The molecule has 9 nitrogen and oxygen atoms in total. The zero-order chi connectivity index (χ0) is 28.1. The van der Waals surface area contributed by atoms with E-state index in [2.05, 4.69) is 5.32 Å². The second kappa shape index (κ2) is 11.6. The van der Waals surface area contributed by atoms with E-state index in [1.54, 1.807) is 18.2 Å². The Balaban J connectivity index is 1.59. The molecule has 0 aliphatic carbocycles. The molecule has 200 valence electrons. The predicted octanol–water partition coefficient (Wildman–Crippen LogP) is 6.34. The van der Waals surface area contributed by atoms with Crippen molar-refractivity contribution in [2.75, 3.05) is 0 Å². The third-order valence-electron chi connectivity index (χ3n) is 6.88. The van der Waals surface area contributed by atoms with Crippen molar-refractivity contribution >= 4 is 28.2 Å². The van der Waals surface area contributed by atoms with Gasteiger partial charge in [0.15, 0.2) is 0 Å². The lowest BCUT2D eigenvalue weighted by molar-refractivity contribution is -0.385. The van der Waals surface area contributed by atoms with Gasteiger partial charge in [0.2, 0.25) is 5.91 Å². The molecule has 5 rings (SSSR count). The number of aromatic nitrogens is 1. The number of amides is 1. The highest BCUT2D eigenvalue weighted by Gasteiger charge is 2.25. The standard InChI is InChI=1S/C31H26N4O5/c36-31(32-19-22-8-3-1-4-9-22)18-27(24-12-7-13-25(16-24)34(37)38)29-21-33(20-23-10-5-2-6-11-23)30-15-14-26(35(39)40)17-28(29)30/h1-17,21,27H,18-20H2,(H,32,36)/t27-/m0/s1. The maximum atomic E-state index is 13.2. The van der Waals surface area contributed by atoms with E-state index in [9.17, 15) is 25.0 Å². The van der Waals surface area contributed by atoms with Gasteiger partial charge in [-0.3, -0.25) is 25.0 Å². The first-order valence-electron chi connectivity index (χ1n) is 12.7. The highest BCUT2D eigenvalue weighted by atomic mass is 16.6. The van der Waals surface area contributed by atoms with Gasteiger partial charge in [0.25, 0.3) is 11.4 Å². The Bertz CT molecular complexity index is 1680. The van der Waals surface area contributed by atoms with Gasteiger partial charge < -0.3 is 9.88 Å². The van der Waals surface area contributed by atoms with Crippen molar-refractivity contribution in [3.05, 3.63) is 152 Å². The average molecular weight is 535 g/mol. The Morgan fingerprint density at radius 3 is 2.10 bits per heavy atom. The molecule has 1 aromatic heterocycles. The molecule has 0 saturated carbocycles. The number of nitro benzene ring substituents is 2. The van der Waals surface area contributed by atoms with E-state index in [1.165, 1.54) is 24.3 Å². The molecule has 0 fully saturated rings. The first kappa shape index (κ1) is 26.3. The first-order chi connectivity index (χ1) is 19.4. The monoisotopic (exact) mass is 534 g/mol. The molecule has 1 atom stereocenters. The van der Waals surface area contributed by atoms with Crippen LogP contribution in [0.4, 0.5) is 11.4 Å². The summed E-state index contributed by atoms with van der Waals surface area (Å²) in [6.45, 7) is 0.847. The number of carbonyl (C=O) groups excluding carboxylic acids is 1. The number of nitrogens with one attached hydrogen (secondary N) is 1. The van der Waals surface area contributed by atoms with Crippen molar-refractivity contribution in [2.24, 2.45) is 0 Å². The molecule has 0 aliphatic rings. The molecule has 4 aromatic carbocycles. The Labute approximate surface area is 230 Å². The van der Waals surface area contributed by atoms with E-state index in [0.717, 1.165) is 16.6 Å². The van der Waals surface area contributed by atoms with Crippen LogP contribution in [-0.4, -0.2) is 20.3 Å². The maximum Gasteiger partial charge on any atom is 0.270 e. The Kier molecular flexibility index (Phi) is 7.63. The number of non-ortho nitro benzene ring substituents is 2. The summed E-state index contributed by atoms with van der Waals surface area (Å²) in [4.78, 5) is 35.6. The molecule has 0 unspecified atom stereocenters. The fourth-order valence-electron chi connectivity index (χ4n) is 4.93. The van der Waals surface area contributed by atoms with Crippen LogP contribution in [-0.2, 0) is 17.9 Å². The van der Waals surface area contributed by atoms with Crippen LogP contribution in [0.15, 0.2) is 109 Å². The second-order valence-corrected chi connectivity index (χ2v) is 9.53. The van der Waals surface area contributed by atoms with E-state index in [0.29, 0.717) is 29.6 Å². The number of rotatable bonds is 10. The summed E-state index contributed by atoms with van der Waals surface area (Å²) in [5, 5.41) is 26.8. The molecule has 0 radical (unpaired) electrons. The summed E-state index contributed by atoms with van der Waals surface area (Å²) >= 11 is 0. The van der Waals surface area contributed by atoms with Crippen LogP contribution in [0.2, 0.25) is 0 Å². The molecule has 5 aromatic rings. The van der Waals surface area contributed by atoms with Crippen molar-refractivity contribution in [1.82, 2.24) is 9.88 Å². The third kappa shape index (κ3) is 5.88. The van der Waals surface area contributed by atoms with E-state index in [-0.39, 0.29) is 23.7 Å². The number of benzene rings is 4. The second-order valence-electron chi connectivity index (χ2n) is 9.53. The highest BCUT2D eigenvalue weighted by molar-refractivity contribution is 5.88. The number of fused-ring (bicyclic) bond motifs is 1. The van der Waals surface area contributed by atoms with Crippen molar-refractivity contribution in [3.63, 3.8) is 0 Å². The van der Waals surface area contributed by atoms with Crippen LogP contribution in [0.5, 0.6) is 0 Å². The molecule has 1 amide bonds. The molecule has 0 bridgehead atoms. The zero-order valence-electron chi connectivity index (χ0n) is 21.5. The summed E-state index contributed by atoms with van der Waals surface area (Å²) in [6.07, 6.45) is 1.90. The molecular formula is C31H26N4O5. The van der Waals surface area contributed by atoms with Crippen molar-refractivity contribution < 1.29 is 14.6 Å². The number of nitro groups is 2. The van der Waals surface area contributed by atoms with Gasteiger partial charge >= 0.3 is 0 Å². The number of hydrogen-bond acceptors (Lipinski definition) is 5. The summed E-state index contributed by atoms with van der Waals surface area (Å²) in [5.74, 6) is -0.827. The van der Waals surface area contributed by atoms with Crippen molar-refractivity contribution in [3.8, 4) is 0 Å².